The zero-order chi connectivity index (χ0) is 20.2. The summed E-state index contributed by atoms with van der Waals surface area (Å²) in [5, 5.41) is 0. The van der Waals surface area contributed by atoms with Crippen molar-refractivity contribution < 1.29 is 19.1 Å². The molecule has 0 radical (unpaired) electrons. The number of esters is 2. The van der Waals surface area contributed by atoms with Crippen LogP contribution in [0.4, 0.5) is 0 Å². The van der Waals surface area contributed by atoms with E-state index >= 15 is 0 Å². The van der Waals surface area contributed by atoms with Gasteiger partial charge in [0.05, 0.1) is 10.8 Å². The number of rotatable bonds is 6. The maximum Gasteiger partial charge on any atom is 0.316 e. The summed E-state index contributed by atoms with van der Waals surface area (Å²) < 4.78 is 11.0. The lowest BCUT2D eigenvalue weighted by atomic mass is 9.75. The van der Waals surface area contributed by atoms with Gasteiger partial charge >= 0.3 is 11.9 Å². The Balaban J connectivity index is 2.04. The number of carbonyl (C=O) groups excluding carboxylic acids is 2. The van der Waals surface area contributed by atoms with Gasteiger partial charge in [-0.2, -0.15) is 0 Å². The van der Waals surface area contributed by atoms with Crippen LogP contribution >= 0.6 is 0 Å². The first kappa shape index (κ1) is 20.7. The highest BCUT2D eigenvalue weighted by Crippen LogP contribution is 2.36. The summed E-state index contributed by atoms with van der Waals surface area (Å²) in [6.07, 6.45) is 0.301. The lowest BCUT2D eigenvalue weighted by molar-refractivity contribution is -0.151. The maximum absolute atomic E-state index is 12.6. The molecule has 0 saturated carbocycles. The number of hydrogen-bond acceptors (Lipinski definition) is 4. The minimum Gasteiger partial charge on any atom is -0.426 e. The number of hydrogen-bond donors (Lipinski definition) is 0. The van der Waals surface area contributed by atoms with Crippen LogP contribution in [0, 0.1) is 24.7 Å². The number of benzene rings is 2. The molecule has 0 unspecified atom stereocenters. The molecule has 2 aromatic carbocycles. The lowest BCUT2D eigenvalue weighted by Crippen LogP contribution is -2.39. The van der Waals surface area contributed by atoms with Crippen molar-refractivity contribution in [1.82, 2.24) is 0 Å². The van der Waals surface area contributed by atoms with Gasteiger partial charge in [-0.25, -0.2) is 0 Å². The fourth-order valence-corrected chi connectivity index (χ4v) is 2.95. The Morgan fingerprint density at radius 3 is 1.26 bits per heavy atom. The summed E-state index contributed by atoms with van der Waals surface area (Å²) in [5.74, 6) is 0.252. The summed E-state index contributed by atoms with van der Waals surface area (Å²) in [6, 6.07) is 14.6. The van der Waals surface area contributed by atoms with Crippen LogP contribution in [0.5, 0.6) is 11.5 Å². The third kappa shape index (κ3) is 5.68. The number of carbonyl (C=O) groups is 2. The molecule has 144 valence electrons. The predicted molar refractivity (Wildman–Crippen MR) is 106 cm³/mol. The molecule has 0 atom stereocenters. The summed E-state index contributed by atoms with van der Waals surface area (Å²) >= 11 is 0. The molecule has 0 aliphatic carbocycles. The van der Waals surface area contributed by atoms with Crippen LogP contribution in [0.3, 0.4) is 0 Å². The fraction of sp³-hybridized carbons (Fsp3) is 0.391. The van der Waals surface area contributed by atoms with Gasteiger partial charge in [0.1, 0.15) is 11.5 Å². The standard InChI is InChI=1S/C23H28O4/c1-16-7-11-18(12-8-16)26-20(24)22(3,4)15-23(5,6)21(25)27-19-13-9-17(2)10-14-19/h7-14H,15H2,1-6H3. The number of ether oxygens (including phenoxy) is 2. The third-order valence-electron chi connectivity index (χ3n) is 4.45. The molecule has 4 heteroatoms. The normalized spacial score (nSPS) is 11.8. The molecule has 4 nitrogen and oxygen atoms in total. The van der Waals surface area contributed by atoms with E-state index in [-0.39, 0.29) is 11.9 Å². The van der Waals surface area contributed by atoms with Gasteiger partial charge in [-0.3, -0.25) is 9.59 Å². The summed E-state index contributed by atoms with van der Waals surface area (Å²) in [6.45, 7) is 11.1. The smallest absolute Gasteiger partial charge is 0.316 e. The molecule has 0 aliphatic heterocycles. The van der Waals surface area contributed by atoms with Crippen LogP contribution in [0.1, 0.15) is 45.2 Å². The highest BCUT2D eigenvalue weighted by Gasteiger charge is 2.41. The van der Waals surface area contributed by atoms with E-state index in [1.54, 1.807) is 52.0 Å². The molecule has 0 spiro atoms. The third-order valence-corrected chi connectivity index (χ3v) is 4.45. The quantitative estimate of drug-likeness (QED) is 0.516. The molecule has 2 rings (SSSR count). The Kier molecular flexibility index (Phi) is 6.09. The van der Waals surface area contributed by atoms with Crippen molar-refractivity contribution in [2.75, 3.05) is 0 Å². The fourth-order valence-electron chi connectivity index (χ4n) is 2.95. The van der Waals surface area contributed by atoms with Crippen LogP contribution in [0.25, 0.3) is 0 Å². The molecule has 27 heavy (non-hydrogen) atoms. The van der Waals surface area contributed by atoms with E-state index in [4.69, 9.17) is 9.47 Å². The second-order valence-corrected chi connectivity index (χ2v) is 8.35. The number of aryl methyl sites for hydroxylation is 2. The topological polar surface area (TPSA) is 52.6 Å². The average molecular weight is 368 g/mol. The van der Waals surface area contributed by atoms with Crippen LogP contribution < -0.4 is 9.47 Å². The van der Waals surface area contributed by atoms with Crippen LogP contribution in [-0.2, 0) is 9.59 Å². The zero-order valence-electron chi connectivity index (χ0n) is 17.0. The van der Waals surface area contributed by atoms with E-state index in [0.29, 0.717) is 17.9 Å². The molecule has 2 aromatic rings. The molecule has 0 aliphatic rings. The Morgan fingerprint density at radius 1 is 0.667 bits per heavy atom. The molecule has 0 fully saturated rings. The van der Waals surface area contributed by atoms with Gasteiger partial charge in [0.25, 0.3) is 0 Å². The van der Waals surface area contributed by atoms with Gasteiger partial charge in [0, 0.05) is 0 Å². The summed E-state index contributed by atoms with van der Waals surface area (Å²) in [7, 11) is 0. The van der Waals surface area contributed by atoms with Crippen molar-refractivity contribution in [3.63, 3.8) is 0 Å². The molecule has 0 bridgehead atoms. The average Bonchev–Trinajstić information content (AvgIpc) is 2.58. The largest absolute Gasteiger partial charge is 0.426 e. The first-order valence-corrected chi connectivity index (χ1v) is 9.07. The van der Waals surface area contributed by atoms with Gasteiger partial charge in [-0.05, 0) is 72.2 Å². The SMILES string of the molecule is Cc1ccc(OC(=O)C(C)(C)CC(C)(C)C(=O)Oc2ccc(C)cc2)cc1. The highest BCUT2D eigenvalue weighted by molar-refractivity contribution is 5.82. The van der Waals surface area contributed by atoms with Crippen molar-refractivity contribution >= 4 is 11.9 Å². The first-order valence-electron chi connectivity index (χ1n) is 9.07. The van der Waals surface area contributed by atoms with E-state index in [1.807, 2.05) is 38.1 Å². The molecule has 0 amide bonds. The zero-order valence-corrected chi connectivity index (χ0v) is 17.0. The van der Waals surface area contributed by atoms with E-state index in [0.717, 1.165) is 11.1 Å². The molecule has 0 aromatic heterocycles. The maximum atomic E-state index is 12.6. The minimum absolute atomic E-state index is 0.301. The highest BCUT2D eigenvalue weighted by atomic mass is 16.5. The summed E-state index contributed by atoms with van der Waals surface area (Å²) in [5.41, 5.74) is 0.490. The molecule has 0 N–H and O–H groups in total. The Morgan fingerprint density at radius 2 is 0.963 bits per heavy atom. The van der Waals surface area contributed by atoms with Gasteiger partial charge < -0.3 is 9.47 Å². The lowest BCUT2D eigenvalue weighted by Gasteiger charge is -2.31. The van der Waals surface area contributed by atoms with Crippen molar-refractivity contribution in [3.8, 4) is 11.5 Å². The first-order chi connectivity index (χ1) is 12.5. The van der Waals surface area contributed by atoms with E-state index in [2.05, 4.69) is 0 Å². The molecule has 0 saturated heterocycles. The predicted octanol–water partition coefficient (Wildman–Crippen LogP) is 5.26. The van der Waals surface area contributed by atoms with E-state index < -0.39 is 10.8 Å². The van der Waals surface area contributed by atoms with E-state index in [1.165, 1.54) is 0 Å². The van der Waals surface area contributed by atoms with Crippen LogP contribution in [0.15, 0.2) is 48.5 Å². The van der Waals surface area contributed by atoms with Gasteiger partial charge in [0.2, 0.25) is 0 Å². The van der Waals surface area contributed by atoms with Gasteiger partial charge in [-0.1, -0.05) is 35.4 Å². The second-order valence-electron chi connectivity index (χ2n) is 8.35. The van der Waals surface area contributed by atoms with Crippen LogP contribution in [-0.4, -0.2) is 11.9 Å². The minimum atomic E-state index is -0.847. The van der Waals surface area contributed by atoms with Gasteiger partial charge in [-0.15, -0.1) is 0 Å². The van der Waals surface area contributed by atoms with Crippen LogP contribution in [0.2, 0.25) is 0 Å². The monoisotopic (exact) mass is 368 g/mol. The summed E-state index contributed by atoms with van der Waals surface area (Å²) in [4.78, 5) is 25.3. The molecular weight excluding hydrogens is 340 g/mol. The van der Waals surface area contributed by atoms with Gasteiger partial charge in [0.15, 0.2) is 0 Å². The van der Waals surface area contributed by atoms with Crippen molar-refractivity contribution in [2.24, 2.45) is 10.8 Å². The Hall–Kier alpha value is -2.62. The van der Waals surface area contributed by atoms with E-state index in [9.17, 15) is 9.59 Å². The second kappa shape index (κ2) is 7.95. The molecule has 0 heterocycles. The molecular formula is C23H28O4. The van der Waals surface area contributed by atoms with Crippen molar-refractivity contribution in [1.29, 1.82) is 0 Å². The Bertz CT molecular complexity index is 730. The Labute approximate surface area is 161 Å². The van der Waals surface area contributed by atoms with Crippen molar-refractivity contribution in [2.45, 2.75) is 48.0 Å². The van der Waals surface area contributed by atoms with Crippen molar-refractivity contribution in [3.05, 3.63) is 59.7 Å².